The van der Waals surface area contributed by atoms with Crippen LogP contribution in [0.4, 0.5) is 0 Å². The first-order valence-corrected chi connectivity index (χ1v) is 9.94. The third kappa shape index (κ3) is 4.78. The average molecular weight is 384 g/mol. The highest BCUT2D eigenvalue weighted by Gasteiger charge is 2.24. The SMILES string of the molecule is CCN(CC)C(=O)CN1CCCN(C(=O)c2cc(-c3ccccc3)on2)CC1. The molecule has 0 aliphatic carbocycles. The van der Waals surface area contributed by atoms with Gasteiger partial charge in [-0.05, 0) is 20.3 Å². The normalized spacial score (nSPS) is 15.3. The van der Waals surface area contributed by atoms with Crippen molar-refractivity contribution >= 4 is 11.8 Å². The monoisotopic (exact) mass is 384 g/mol. The number of benzene rings is 1. The van der Waals surface area contributed by atoms with Crippen molar-refractivity contribution in [3.63, 3.8) is 0 Å². The van der Waals surface area contributed by atoms with E-state index in [1.54, 1.807) is 11.0 Å². The Kier molecular flexibility index (Phi) is 6.81. The molecule has 1 saturated heterocycles. The van der Waals surface area contributed by atoms with E-state index in [0.29, 0.717) is 37.6 Å². The predicted octanol–water partition coefficient (Wildman–Crippen LogP) is 2.36. The van der Waals surface area contributed by atoms with E-state index in [1.807, 2.05) is 49.1 Å². The second-order valence-electron chi connectivity index (χ2n) is 6.93. The summed E-state index contributed by atoms with van der Waals surface area (Å²) in [5.41, 5.74) is 1.22. The van der Waals surface area contributed by atoms with E-state index >= 15 is 0 Å². The van der Waals surface area contributed by atoms with Gasteiger partial charge in [0.1, 0.15) is 0 Å². The third-order valence-corrected chi connectivity index (χ3v) is 5.14. The van der Waals surface area contributed by atoms with Gasteiger partial charge in [0.05, 0.1) is 6.54 Å². The van der Waals surface area contributed by atoms with E-state index in [9.17, 15) is 9.59 Å². The van der Waals surface area contributed by atoms with E-state index in [0.717, 1.165) is 31.6 Å². The van der Waals surface area contributed by atoms with E-state index in [1.165, 1.54) is 0 Å². The van der Waals surface area contributed by atoms with Crippen LogP contribution in [0.25, 0.3) is 11.3 Å². The van der Waals surface area contributed by atoms with Gasteiger partial charge in [-0.2, -0.15) is 0 Å². The molecule has 3 rings (SSSR count). The van der Waals surface area contributed by atoms with Crippen molar-refractivity contribution in [2.75, 3.05) is 45.8 Å². The van der Waals surface area contributed by atoms with Gasteiger partial charge in [0.2, 0.25) is 5.91 Å². The van der Waals surface area contributed by atoms with E-state index in [2.05, 4.69) is 10.1 Å². The smallest absolute Gasteiger partial charge is 0.276 e. The Labute approximate surface area is 165 Å². The molecule has 0 bridgehead atoms. The number of likely N-dealkylation sites (N-methyl/N-ethyl adjacent to an activating group) is 1. The Morgan fingerprint density at radius 2 is 1.82 bits per heavy atom. The summed E-state index contributed by atoms with van der Waals surface area (Å²) in [4.78, 5) is 31.0. The molecule has 0 N–H and O–H groups in total. The van der Waals surface area contributed by atoms with Gasteiger partial charge in [-0.15, -0.1) is 0 Å². The van der Waals surface area contributed by atoms with Gasteiger partial charge in [0, 0.05) is 50.9 Å². The summed E-state index contributed by atoms with van der Waals surface area (Å²) in [6.45, 7) is 8.57. The van der Waals surface area contributed by atoms with Crippen LogP contribution in [0, 0.1) is 0 Å². The molecule has 150 valence electrons. The number of amides is 2. The quantitative estimate of drug-likeness (QED) is 0.765. The standard InChI is InChI=1S/C21H28N4O3/c1-3-24(4-2)20(26)16-23-11-8-12-25(14-13-23)21(27)18-15-19(28-22-18)17-9-6-5-7-10-17/h5-7,9-10,15H,3-4,8,11-14,16H2,1-2H3. The first-order valence-electron chi connectivity index (χ1n) is 9.94. The first kappa shape index (κ1) is 20.1. The van der Waals surface area contributed by atoms with Crippen LogP contribution in [-0.4, -0.2) is 77.5 Å². The average Bonchev–Trinajstić information content (AvgIpc) is 3.10. The Balaban J connectivity index is 1.59. The maximum absolute atomic E-state index is 12.8. The molecular weight excluding hydrogens is 356 g/mol. The molecule has 7 heteroatoms. The Morgan fingerprint density at radius 3 is 2.54 bits per heavy atom. The summed E-state index contributed by atoms with van der Waals surface area (Å²) in [6.07, 6.45) is 0.834. The Hall–Kier alpha value is -2.67. The number of hydrogen-bond acceptors (Lipinski definition) is 5. The zero-order valence-electron chi connectivity index (χ0n) is 16.6. The topological polar surface area (TPSA) is 69.9 Å². The van der Waals surface area contributed by atoms with Gasteiger partial charge in [-0.25, -0.2) is 0 Å². The van der Waals surface area contributed by atoms with Crippen molar-refractivity contribution in [2.45, 2.75) is 20.3 Å². The molecule has 0 saturated carbocycles. The van der Waals surface area contributed by atoms with Crippen molar-refractivity contribution in [1.29, 1.82) is 0 Å². The molecule has 2 heterocycles. The zero-order valence-corrected chi connectivity index (χ0v) is 16.6. The summed E-state index contributed by atoms with van der Waals surface area (Å²) in [5.74, 6) is 0.613. The molecule has 1 aromatic heterocycles. The van der Waals surface area contributed by atoms with Gasteiger partial charge in [-0.3, -0.25) is 14.5 Å². The third-order valence-electron chi connectivity index (χ3n) is 5.14. The number of hydrogen-bond donors (Lipinski definition) is 0. The van der Waals surface area contributed by atoms with Crippen LogP contribution >= 0.6 is 0 Å². The number of aromatic nitrogens is 1. The van der Waals surface area contributed by atoms with Crippen LogP contribution in [-0.2, 0) is 4.79 Å². The Morgan fingerprint density at radius 1 is 1.07 bits per heavy atom. The van der Waals surface area contributed by atoms with E-state index < -0.39 is 0 Å². The lowest BCUT2D eigenvalue weighted by Crippen LogP contribution is -2.42. The fourth-order valence-electron chi connectivity index (χ4n) is 3.48. The summed E-state index contributed by atoms with van der Waals surface area (Å²) >= 11 is 0. The van der Waals surface area contributed by atoms with Crippen molar-refractivity contribution in [3.8, 4) is 11.3 Å². The molecule has 0 atom stereocenters. The Bertz CT molecular complexity index is 786. The van der Waals surface area contributed by atoms with Crippen molar-refractivity contribution < 1.29 is 14.1 Å². The van der Waals surface area contributed by atoms with Gasteiger partial charge < -0.3 is 14.3 Å². The fourth-order valence-corrected chi connectivity index (χ4v) is 3.48. The lowest BCUT2D eigenvalue weighted by atomic mass is 10.1. The molecule has 0 unspecified atom stereocenters. The highest BCUT2D eigenvalue weighted by molar-refractivity contribution is 5.93. The van der Waals surface area contributed by atoms with Crippen molar-refractivity contribution in [3.05, 3.63) is 42.1 Å². The van der Waals surface area contributed by atoms with Crippen LogP contribution in [0.2, 0.25) is 0 Å². The molecule has 28 heavy (non-hydrogen) atoms. The lowest BCUT2D eigenvalue weighted by molar-refractivity contribution is -0.132. The summed E-state index contributed by atoms with van der Waals surface area (Å²) in [6, 6.07) is 11.3. The molecule has 1 fully saturated rings. The van der Waals surface area contributed by atoms with Crippen molar-refractivity contribution in [2.24, 2.45) is 0 Å². The first-order chi connectivity index (χ1) is 13.6. The highest BCUT2D eigenvalue weighted by Crippen LogP contribution is 2.20. The summed E-state index contributed by atoms with van der Waals surface area (Å²) in [5, 5.41) is 3.97. The predicted molar refractivity (Wildman–Crippen MR) is 107 cm³/mol. The second-order valence-corrected chi connectivity index (χ2v) is 6.93. The molecule has 1 aliphatic rings. The minimum atomic E-state index is -0.122. The molecule has 2 aromatic rings. The van der Waals surface area contributed by atoms with Crippen LogP contribution in [0.15, 0.2) is 40.9 Å². The van der Waals surface area contributed by atoms with Crippen LogP contribution < -0.4 is 0 Å². The summed E-state index contributed by atoms with van der Waals surface area (Å²) in [7, 11) is 0. The second kappa shape index (κ2) is 9.50. The van der Waals surface area contributed by atoms with Crippen molar-refractivity contribution in [1.82, 2.24) is 19.9 Å². The number of rotatable bonds is 6. The van der Waals surface area contributed by atoms with Crippen LogP contribution in [0.3, 0.4) is 0 Å². The maximum atomic E-state index is 12.8. The number of carbonyl (C=O) groups excluding carboxylic acids is 2. The van der Waals surface area contributed by atoms with Crippen LogP contribution in [0.1, 0.15) is 30.8 Å². The minimum Gasteiger partial charge on any atom is -0.355 e. The van der Waals surface area contributed by atoms with Crippen LogP contribution in [0.5, 0.6) is 0 Å². The molecule has 0 spiro atoms. The van der Waals surface area contributed by atoms with Gasteiger partial charge in [0.15, 0.2) is 11.5 Å². The van der Waals surface area contributed by atoms with Gasteiger partial charge in [-0.1, -0.05) is 35.5 Å². The van der Waals surface area contributed by atoms with E-state index in [-0.39, 0.29) is 11.8 Å². The minimum absolute atomic E-state index is 0.122. The molecule has 2 amide bonds. The lowest BCUT2D eigenvalue weighted by Gasteiger charge is -2.25. The fraction of sp³-hybridized carbons (Fsp3) is 0.476. The molecular formula is C21H28N4O3. The molecule has 7 nitrogen and oxygen atoms in total. The highest BCUT2D eigenvalue weighted by atomic mass is 16.5. The van der Waals surface area contributed by atoms with E-state index in [4.69, 9.17) is 4.52 Å². The zero-order chi connectivity index (χ0) is 19.9. The molecule has 1 aliphatic heterocycles. The van der Waals surface area contributed by atoms with Gasteiger partial charge in [0.25, 0.3) is 5.91 Å². The summed E-state index contributed by atoms with van der Waals surface area (Å²) < 4.78 is 5.36. The molecule has 1 aromatic carbocycles. The number of carbonyl (C=O) groups is 2. The largest absolute Gasteiger partial charge is 0.355 e. The molecule has 0 radical (unpaired) electrons. The maximum Gasteiger partial charge on any atom is 0.276 e. The number of nitrogens with zero attached hydrogens (tertiary/aromatic N) is 4. The van der Waals surface area contributed by atoms with Gasteiger partial charge >= 0.3 is 0 Å².